The Morgan fingerprint density at radius 1 is 1.35 bits per heavy atom. The van der Waals surface area contributed by atoms with Crippen LogP contribution in [0.2, 0.25) is 0 Å². The molecule has 2 rings (SSSR count). The van der Waals surface area contributed by atoms with Gasteiger partial charge in [0.05, 0.1) is 0 Å². The van der Waals surface area contributed by atoms with Crippen LogP contribution in [0.4, 0.5) is 0 Å². The SMILES string of the molecule is CCCN(CC1CC1)C(=O)c1ccc(I)cc1. The maximum atomic E-state index is 12.3. The molecule has 0 radical (unpaired) electrons. The molecule has 1 aliphatic rings. The number of rotatable bonds is 5. The summed E-state index contributed by atoms with van der Waals surface area (Å²) in [6.07, 6.45) is 3.61. The van der Waals surface area contributed by atoms with E-state index in [-0.39, 0.29) is 5.91 Å². The quantitative estimate of drug-likeness (QED) is 0.749. The van der Waals surface area contributed by atoms with Gasteiger partial charge in [-0.3, -0.25) is 4.79 Å². The molecule has 0 heterocycles. The van der Waals surface area contributed by atoms with E-state index in [0.717, 1.165) is 31.0 Å². The molecule has 1 aliphatic carbocycles. The van der Waals surface area contributed by atoms with Gasteiger partial charge in [-0.2, -0.15) is 0 Å². The first-order valence-electron chi connectivity index (χ1n) is 6.25. The Kier molecular flexibility index (Phi) is 4.42. The minimum atomic E-state index is 0.190. The highest BCUT2D eigenvalue weighted by Crippen LogP contribution is 2.30. The second-order valence-electron chi connectivity index (χ2n) is 4.70. The fraction of sp³-hybridized carbons (Fsp3) is 0.500. The molecule has 1 fully saturated rings. The van der Waals surface area contributed by atoms with Crippen LogP contribution in [0.25, 0.3) is 0 Å². The normalized spacial score (nSPS) is 14.7. The van der Waals surface area contributed by atoms with Crippen LogP contribution in [0.15, 0.2) is 24.3 Å². The average Bonchev–Trinajstić information content (AvgIpc) is 3.13. The lowest BCUT2D eigenvalue weighted by Gasteiger charge is -2.22. The number of hydrogen-bond acceptors (Lipinski definition) is 1. The number of hydrogen-bond donors (Lipinski definition) is 0. The maximum absolute atomic E-state index is 12.3. The van der Waals surface area contributed by atoms with Crippen molar-refractivity contribution in [3.8, 4) is 0 Å². The number of amides is 1. The van der Waals surface area contributed by atoms with Crippen molar-refractivity contribution in [3.05, 3.63) is 33.4 Å². The highest BCUT2D eigenvalue weighted by molar-refractivity contribution is 14.1. The Hall–Kier alpha value is -0.580. The molecule has 0 aliphatic heterocycles. The van der Waals surface area contributed by atoms with E-state index in [1.807, 2.05) is 29.2 Å². The third-order valence-corrected chi connectivity index (χ3v) is 3.77. The largest absolute Gasteiger partial charge is 0.338 e. The van der Waals surface area contributed by atoms with Crippen molar-refractivity contribution in [2.45, 2.75) is 26.2 Å². The van der Waals surface area contributed by atoms with Crippen LogP contribution in [0.1, 0.15) is 36.5 Å². The predicted octanol–water partition coefficient (Wildman–Crippen LogP) is 3.55. The molecule has 1 amide bonds. The van der Waals surface area contributed by atoms with Crippen LogP contribution in [0.5, 0.6) is 0 Å². The molecule has 2 nitrogen and oxygen atoms in total. The van der Waals surface area contributed by atoms with Crippen molar-refractivity contribution in [2.75, 3.05) is 13.1 Å². The van der Waals surface area contributed by atoms with Crippen LogP contribution < -0.4 is 0 Å². The molecule has 1 aromatic rings. The third kappa shape index (κ3) is 3.69. The molecule has 17 heavy (non-hydrogen) atoms. The summed E-state index contributed by atoms with van der Waals surface area (Å²) in [5, 5.41) is 0. The maximum Gasteiger partial charge on any atom is 0.253 e. The lowest BCUT2D eigenvalue weighted by atomic mass is 10.2. The molecule has 0 saturated heterocycles. The van der Waals surface area contributed by atoms with Gasteiger partial charge in [0.1, 0.15) is 0 Å². The number of halogens is 1. The van der Waals surface area contributed by atoms with Gasteiger partial charge in [-0.25, -0.2) is 0 Å². The number of nitrogens with zero attached hydrogens (tertiary/aromatic N) is 1. The summed E-state index contributed by atoms with van der Waals surface area (Å²) in [5.41, 5.74) is 0.819. The summed E-state index contributed by atoms with van der Waals surface area (Å²) in [5.74, 6) is 0.949. The Morgan fingerprint density at radius 2 is 2.00 bits per heavy atom. The van der Waals surface area contributed by atoms with Crippen LogP contribution in [0, 0.1) is 9.49 Å². The van der Waals surface area contributed by atoms with Crippen LogP contribution >= 0.6 is 22.6 Å². The van der Waals surface area contributed by atoms with Crippen LogP contribution in [-0.4, -0.2) is 23.9 Å². The molecule has 0 unspecified atom stereocenters. The van der Waals surface area contributed by atoms with Gasteiger partial charge in [0.15, 0.2) is 0 Å². The fourth-order valence-corrected chi connectivity index (χ4v) is 2.29. The minimum Gasteiger partial charge on any atom is -0.338 e. The Morgan fingerprint density at radius 3 is 2.53 bits per heavy atom. The smallest absolute Gasteiger partial charge is 0.253 e. The molecule has 0 atom stereocenters. The zero-order valence-electron chi connectivity index (χ0n) is 10.2. The molecule has 0 bridgehead atoms. The molecule has 0 aromatic heterocycles. The lowest BCUT2D eigenvalue weighted by molar-refractivity contribution is 0.0747. The zero-order chi connectivity index (χ0) is 12.3. The number of carbonyl (C=O) groups is 1. The van der Waals surface area contributed by atoms with Gasteiger partial charge in [-0.05, 0) is 72.0 Å². The molecule has 1 aromatic carbocycles. The summed E-state index contributed by atoms with van der Waals surface area (Å²) in [6, 6.07) is 7.85. The van der Waals surface area contributed by atoms with E-state index in [1.54, 1.807) is 0 Å². The monoisotopic (exact) mass is 343 g/mol. The first-order valence-corrected chi connectivity index (χ1v) is 7.33. The number of carbonyl (C=O) groups excluding carboxylic acids is 1. The van der Waals surface area contributed by atoms with Gasteiger partial charge in [0.25, 0.3) is 5.91 Å². The highest BCUT2D eigenvalue weighted by Gasteiger charge is 2.26. The third-order valence-electron chi connectivity index (χ3n) is 3.05. The predicted molar refractivity (Wildman–Crippen MR) is 78.1 cm³/mol. The summed E-state index contributed by atoms with van der Waals surface area (Å²) in [7, 11) is 0. The first-order chi connectivity index (χ1) is 8.20. The van der Waals surface area contributed by atoms with Crippen LogP contribution in [0.3, 0.4) is 0 Å². The topological polar surface area (TPSA) is 20.3 Å². The zero-order valence-corrected chi connectivity index (χ0v) is 12.3. The van der Waals surface area contributed by atoms with E-state index in [1.165, 1.54) is 16.4 Å². The van der Waals surface area contributed by atoms with E-state index in [9.17, 15) is 4.79 Å². The molecular formula is C14H18INO. The Labute approximate surface area is 117 Å². The fourth-order valence-electron chi connectivity index (χ4n) is 1.93. The van der Waals surface area contributed by atoms with Gasteiger partial charge in [-0.15, -0.1) is 0 Å². The lowest BCUT2D eigenvalue weighted by Crippen LogP contribution is -2.33. The summed E-state index contributed by atoms with van der Waals surface area (Å²) >= 11 is 2.26. The van der Waals surface area contributed by atoms with Gasteiger partial charge < -0.3 is 4.90 Å². The van der Waals surface area contributed by atoms with Crippen LogP contribution in [-0.2, 0) is 0 Å². The van der Waals surface area contributed by atoms with Gasteiger partial charge in [0.2, 0.25) is 0 Å². The molecule has 3 heteroatoms. The number of benzene rings is 1. The minimum absolute atomic E-state index is 0.190. The second-order valence-corrected chi connectivity index (χ2v) is 5.95. The van der Waals surface area contributed by atoms with E-state index in [2.05, 4.69) is 29.5 Å². The van der Waals surface area contributed by atoms with E-state index < -0.39 is 0 Å². The molecule has 92 valence electrons. The van der Waals surface area contributed by atoms with Gasteiger partial charge >= 0.3 is 0 Å². The van der Waals surface area contributed by atoms with E-state index in [4.69, 9.17) is 0 Å². The van der Waals surface area contributed by atoms with Crippen molar-refractivity contribution in [1.29, 1.82) is 0 Å². The standard InChI is InChI=1S/C14H18INO/c1-2-9-16(10-11-3-4-11)14(17)12-5-7-13(15)8-6-12/h5-8,11H,2-4,9-10H2,1H3. The molecular weight excluding hydrogens is 325 g/mol. The Bertz CT molecular complexity index is 384. The van der Waals surface area contributed by atoms with Gasteiger partial charge in [0, 0.05) is 22.2 Å². The van der Waals surface area contributed by atoms with Crippen molar-refractivity contribution in [3.63, 3.8) is 0 Å². The van der Waals surface area contributed by atoms with E-state index in [0.29, 0.717) is 0 Å². The highest BCUT2D eigenvalue weighted by atomic mass is 127. The van der Waals surface area contributed by atoms with Crippen molar-refractivity contribution in [2.24, 2.45) is 5.92 Å². The molecule has 0 N–H and O–H groups in total. The van der Waals surface area contributed by atoms with Crippen molar-refractivity contribution < 1.29 is 4.79 Å². The molecule has 0 spiro atoms. The summed E-state index contributed by atoms with van der Waals surface area (Å²) in [4.78, 5) is 14.3. The van der Waals surface area contributed by atoms with E-state index >= 15 is 0 Å². The first kappa shape index (κ1) is 12.9. The average molecular weight is 343 g/mol. The Balaban J connectivity index is 2.05. The van der Waals surface area contributed by atoms with Crippen molar-refractivity contribution >= 4 is 28.5 Å². The van der Waals surface area contributed by atoms with Gasteiger partial charge in [-0.1, -0.05) is 6.92 Å². The summed E-state index contributed by atoms with van der Waals surface area (Å²) < 4.78 is 1.17. The molecule has 1 saturated carbocycles. The summed E-state index contributed by atoms with van der Waals surface area (Å²) in [6.45, 7) is 3.95. The van der Waals surface area contributed by atoms with Crippen molar-refractivity contribution in [1.82, 2.24) is 4.90 Å². The second kappa shape index (κ2) is 5.85.